The van der Waals surface area contributed by atoms with Crippen molar-refractivity contribution in [3.05, 3.63) is 89.4 Å². The fraction of sp³-hybridized carbons (Fsp3) is 0.190. The number of nitrogens with zero attached hydrogens (tertiary/aromatic N) is 1. The first-order chi connectivity index (χ1) is 12.4. The monoisotopic (exact) mass is 350 g/mol. The zero-order valence-electron chi connectivity index (χ0n) is 14.3. The number of para-hydroxylation sites is 1. The first-order valence-corrected chi connectivity index (χ1v) is 9.51. The Labute approximate surface area is 153 Å². The first kappa shape index (κ1) is 17.4. The zero-order valence-corrected chi connectivity index (χ0v) is 15.1. The third kappa shape index (κ3) is 4.77. The van der Waals surface area contributed by atoms with Gasteiger partial charge in [0, 0.05) is 29.3 Å². The van der Waals surface area contributed by atoms with E-state index in [0.29, 0.717) is 6.61 Å². The summed E-state index contributed by atoms with van der Waals surface area (Å²) in [5.41, 5.74) is 3.42. The molecule has 0 radical (unpaired) electrons. The number of hydrogen-bond acceptors (Lipinski definition) is 3. The van der Waals surface area contributed by atoms with E-state index >= 15 is 0 Å². The molecule has 1 N–H and O–H groups in total. The molecule has 0 atom stereocenters. The summed E-state index contributed by atoms with van der Waals surface area (Å²) in [4.78, 5) is 7.67. The van der Waals surface area contributed by atoms with Gasteiger partial charge in [0.25, 0.3) is 0 Å². The summed E-state index contributed by atoms with van der Waals surface area (Å²) < 4.78 is 5.94. The number of thioether (sulfide) groups is 1. The molecule has 0 saturated carbocycles. The highest BCUT2D eigenvalue weighted by Crippen LogP contribution is 2.32. The van der Waals surface area contributed by atoms with Crippen molar-refractivity contribution in [2.75, 3.05) is 6.61 Å². The van der Waals surface area contributed by atoms with Crippen LogP contribution in [-0.2, 0) is 5.75 Å². The Bertz CT molecular complexity index is 798. The predicted octanol–water partition coefficient (Wildman–Crippen LogP) is 5.52. The first-order valence-electron chi connectivity index (χ1n) is 8.46. The van der Waals surface area contributed by atoms with Gasteiger partial charge in [-0.05, 0) is 23.5 Å². The van der Waals surface area contributed by atoms with Crippen LogP contribution in [0.5, 0.6) is 5.75 Å². The second kappa shape index (κ2) is 9.14. The Morgan fingerprint density at radius 3 is 2.68 bits per heavy atom. The second-order valence-electron chi connectivity index (χ2n) is 5.61. The number of H-pyrrole nitrogens is 1. The molecule has 0 aliphatic rings. The number of aromatic nitrogens is 2. The van der Waals surface area contributed by atoms with E-state index in [1.807, 2.05) is 30.5 Å². The highest BCUT2D eigenvalue weighted by molar-refractivity contribution is 8.01. The van der Waals surface area contributed by atoms with Gasteiger partial charge in [0.1, 0.15) is 11.6 Å². The lowest BCUT2D eigenvalue weighted by Crippen LogP contribution is -2.00. The summed E-state index contributed by atoms with van der Waals surface area (Å²) in [6.07, 6.45) is 4.61. The Kier molecular flexibility index (Phi) is 6.35. The van der Waals surface area contributed by atoms with E-state index in [-0.39, 0.29) is 0 Å². The van der Waals surface area contributed by atoms with E-state index in [0.717, 1.165) is 34.9 Å². The molecule has 3 rings (SSSR count). The van der Waals surface area contributed by atoms with Crippen molar-refractivity contribution in [1.82, 2.24) is 9.97 Å². The van der Waals surface area contributed by atoms with Crippen LogP contribution in [0.25, 0.3) is 5.57 Å². The van der Waals surface area contributed by atoms with Gasteiger partial charge in [-0.2, -0.15) is 0 Å². The van der Waals surface area contributed by atoms with Gasteiger partial charge < -0.3 is 9.72 Å². The molecule has 3 nitrogen and oxygen atoms in total. The van der Waals surface area contributed by atoms with Gasteiger partial charge in [0.2, 0.25) is 0 Å². The lowest BCUT2D eigenvalue weighted by molar-refractivity contribution is 0.316. The third-order valence-electron chi connectivity index (χ3n) is 3.69. The molecular formula is C21H22N2OS. The van der Waals surface area contributed by atoms with Crippen LogP contribution in [0.15, 0.2) is 72.4 Å². The van der Waals surface area contributed by atoms with Crippen LogP contribution in [0.1, 0.15) is 30.3 Å². The topological polar surface area (TPSA) is 37.9 Å². The molecular weight excluding hydrogens is 328 g/mol. The van der Waals surface area contributed by atoms with E-state index in [1.54, 1.807) is 18.0 Å². The van der Waals surface area contributed by atoms with Crippen LogP contribution in [0, 0.1) is 0 Å². The SMILES string of the molecule is CCCOc1ccccc1/C(=C/SCc1ccccc1)c1ncc[nH]1. The highest BCUT2D eigenvalue weighted by Gasteiger charge is 2.13. The maximum Gasteiger partial charge on any atom is 0.138 e. The number of aromatic amines is 1. The van der Waals surface area contributed by atoms with Crippen LogP contribution in [0.4, 0.5) is 0 Å². The maximum atomic E-state index is 5.94. The van der Waals surface area contributed by atoms with Crippen molar-refractivity contribution in [2.24, 2.45) is 0 Å². The molecule has 25 heavy (non-hydrogen) atoms. The minimum absolute atomic E-state index is 0.708. The largest absolute Gasteiger partial charge is 0.493 e. The minimum atomic E-state index is 0.708. The number of rotatable bonds is 8. The number of ether oxygens (including phenoxy) is 1. The summed E-state index contributed by atoms with van der Waals surface area (Å²) >= 11 is 1.76. The molecule has 1 aromatic heterocycles. The van der Waals surface area contributed by atoms with Gasteiger partial charge in [-0.15, -0.1) is 11.8 Å². The molecule has 128 valence electrons. The summed E-state index contributed by atoms with van der Waals surface area (Å²) in [6.45, 7) is 2.82. The summed E-state index contributed by atoms with van der Waals surface area (Å²) in [7, 11) is 0. The van der Waals surface area contributed by atoms with E-state index in [1.165, 1.54) is 5.56 Å². The molecule has 0 fully saturated rings. The lowest BCUT2D eigenvalue weighted by atomic mass is 10.1. The average Bonchev–Trinajstić information content (AvgIpc) is 3.19. The summed E-state index contributed by atoms with van der Waals surface area (Å²) in [5, 5.41) is 2.17. The third-order valence-corrected chi connectivity index (χ3v) is 4.59. The van der Waals surface area contributed by atoms with Crippen molar-refractivity contribution in [1.29, 1.82) is 0 Å². The molecule has 0 saturated heterocycles. The number of imidazole rings is 1. The van der Waals surface area contributed by atoms with Crippen molar-refractivity contribution in [3.63, 3.8) is 0 Å². The van der Waals surface area contributed by atoms with Gasteiger partial charge in [-0.3, -0.25) is 0 Å². The summed E-state index contributed by atoms with van der Waals surface area (Å²) in [6, 6.07) is 18.6. The molecule has 4 heteroatoms. The minimum Gasteiger partial charge on any atom is -0.493 e. The number of hydrogen-bond donors (Lipinski definition) is 1. The van der Waals surface area contributed by atoms with Crippen molar-refractivity contribution in [3.8, 4) is 5.75 Å². The average molecular weight is 350 g/mol. The van der Waals surface area contributed by atoms with Crippen molar-refractivity contribution in [2.45, 2.75) is 19.1 Å². The van der Waals surface area contributed by atoms with Crippen LogP contribution < -0.4 is 4.74 Å². The van der Waals surface area contributed by atoms with Gasteiger partial charge >= 0.3 is 0 Å². The standard InChI is InChI=1S/C21H22N2OS/c1-2-14-24-20-11-7-6-10-18(20)19(21-22-12-13-23-21)16-25-15-17-8-4-3-5-9-17/h3-13,16H,2,14-15H2,1H3,(H,22,23)/b19-16-. The van der Waals surface area contributed by atoms with Crippen LogP contribution in [-0.4, -0.2) is 16.6 Å². The lowest BCUT2D eigenvalue weighted by Gasteiger charge is -2.12. The number of nitrogens with one attached hydrogen (secondary N) is 1. The van der Waals surface area contributed by atoms with Crippen LogP contribution in [0.3, 0.4) is 0 Å². The molecule has 0 unspecified atom stereocenters. The summed E-state index contributed by atoms with van der Waals surface area (Å²) in [5.74, 6) is 2.67. The smallest absolute Gasteiger partial charge is 0.138 e. The predicted molar refractivity (Wildman–Crippen MR) is 106 cm³/mol. The van der Waals surface area contributed by atoms with E-state index in [2.05, 4.69) is 52.6 Å². The fourth-order valence-electron chi connectivity index (χ4n) is 2.48. The van der Waals surface area contributed by atoms with Gasteiger partial charge in [0.05, 0.1) is 6.61 Å². The van der Waals surface area contributed by atoms with Crippen molar-refractivity contribution >= 4 is 17.3 Å². The fourth-order valence-corrected chi connectivity index (χ4v) is 3.36. The second-order valence-corrected chi connectivity index (χ2v) is 6.47. The Morgan fingerprint density at radius 2 is 1.92 bits per heavy atom. The molecule has 0 aliphatic heterocycles. The molecule has 0 aliphatic carbocycles. The molecule has 1 heterocycles. The van der Waals surface area contributed by atoms with Crippen LogP contribution >= 0.6 is 11.8 Å². The normalized spacial score (nSPS) is 11.5. The molecule has 0 spiro atoms. The van der Waals surface area contributed by atoms with E-state index in [4.69, 9.17) is 4.74 Å². The molecule has 0 bridgehead atoms. The number of benzene rings is 2. The molecule has 2 aromatic carbocycles. The Balaban J connectivity index is 1.87. The van der Waals surface area contributed by atoms with Crippen molar-refractivity contribution < 1.29 is 4.74 Å². The molecule has 3 aromatic rings. The van der Waals surface area contributed by atoms with E-state index in [9.17, 15) is 0 Å². The quantitative estimate of drug-likeness (QED) is 0.581. The maximum absolute atomic E-state index is 5.94. The highest BCUT2D eigenvalue weighted by atomic mass is 32.2. The van der Waals surface area contributed by atoms with Gasteiger partial charge in [0.15, 0.2) is 0 Å². The molecule has 0 amide bonds. The van der Waals surface area contributed by atoms with Gasteiger partial charge in [-0.25, -0.2) is 4.98 Å². The van der Waals surface area contributed by atoms with Gasteiger partial charge in [-0.1, -0.05) is 55.5 Å². The zero-order chi connectivity index (χ0) is 17.3. The Hall–Kier alpha value is -2.46. The Morgan fingerprint density at radius 1 is 1.12 bits per heavy atom. The van der Waals surface area contributed by atoms with E-state index < -0.39 is 0 Å². The van der Waals surface area contributed by atoms with Crippen LogP contribution in [0.2, 0.25) is 0 Å².